The van der Waals surface area contributed by atoms with Gasteiger partial charge < -0.3 is 14.8 Å². The van der Waals surface area contributed by atoms with Crippen molar-refractivity contribution in [2.75, 3.05) is 13.7 Å². The summed E-state index contributed by atoms with van der Waals surface area (Å²) in [4.78, 5) is 0. The van der Waals surface area contributed by atoms with Gasteiger partial charge in [-0.15, -0.1) is 12.4 Å². The molecule has 1 aliphatic rings. The van der Waals surface area contributed by atoms with E-state index in [9.17, 15) is 4.39 Å². The summed E-state index contributed by atoms with van der Waals surface area (Å²) in [5.74, 6) is 0.950. The molecule has 3 rings (SSSR count). The molecule has 1 aliphatic carbocycles. The second kappa shape index (κ2) is 12.2. The Kier molecular flexibility index (Phi) is 9.98. The molecule has 2 aromatic rings. The fraction of sp³-hybridized carbons (Fsp3) is 0.391. The van der Waals surface area contributed by atoms with Crippen molar-refractivity contribution in [3.8, 4) is 11.5 Å². The second-order valence-electron chi connectivity index (χ2n) is 7.02. The number of halogens is 3. The van der Waals surface area contributed by atoms with Crippen molar-refractivity contribution in [2.45, 2.75) is 45.3 Å². The van der Waals surface area contributed by atoms with Gasteiger partial charge in [0.1, 0.15) is 12.4 Å². The summed E-state index contributed by atoms with van der Waals surface area (Å²) in [6.07, 6.45) is 8.64. The van der Waals surface area contributed by atoms with Gasteiger partial charge in [-0.1, -0.05) is 29.8 Å². The highest BCUT2D eigenvalue weighted by Crippen LogP contribution is 2.37. The Hall–Kier alpha value is -1.56. The molecule has 0 saturated heterocycles. The van der Waals surface area contributed by atoms with Crippen LogP contribution >= 0.6 is 28.3 Å². The Balaban J connectivity index is 0.00000300. The summed E-state index contributed by atoms with van der Waals surface area (Å²) in [5.41, 5.74) is 3.20. The van der Waals surface area contributed by atoms with E-state index in [1.54, 1.807) is 30.9 Å². The maximum absolute atomic E-state index is 13.8. The summed E-state index contributed by atoms with van der Waals surface area (Å²) in [7, 11) is 1.62. The molecule has 0 amide bonds. The van der Waals surface area contributed by atoms with Crippen molar-refractivity contribution < 1.29 is 13.9 Å². The largest absolute Gasteiger partial charge is 0.493 e. The lowest BCUT2D eigenvalue weighted by Crippen LogP contribution is -2.16. The first-order valence-electron chi connectivity index (χ1n) is 9.78. The van der Waals surface area contributed by atoms with E-state index in [0.29, 0.717) is 17.1 Å². The van der Waals surface area contributed by atoms with E-state index in [1.807, 2.05) is 12.1 Å². The predicted octanol–water partition coefficient (Wildman–Crippen LogP) is 6.58. The van der Waals surface area contributed by atoms with Crippen molar-refractivity contribution in [3.05, 3.63) is 69.5 Å². The minimum atomic E-state index is -0.272. The van der Waals surface area contributed by atoms with Crippen molar-refractivity contribution in [3.63, 3.8) is 0 Å². The number of benzene rings is 2. The molecular weight excluding hydrogens is 457 g/mol. The van der Waals surface area contributed by atoms with Crippen LogP contribution in [-0.4, -0.2) is 13.7 Å². The van der Waals surface area contributed by atoms with E-state index in [-0.39, 0.29) is 24.8 Å². The van der Waals surface area contributed by atoms with Gasteiger partial charge >= 0.3 is 0 Å². The SMILES string of the molecule is COc1cc(CNCCC2=CCCCC2)cc(Br)c1OCc1ccccc1F.Cl. The minimum Gasteiger partial charge on any atom is -0.493 e. The quantitative estimate of drug-likeness (QED) is 0.322. The Morgan fingerprint density at radius 1 is 1.17 bits per heavy atom. The highest BCUT2D eigenvalue weighted by atomic mass is 79.9. The Bertz CT molecular complexity index is 829. The molecule has 0 saturated carbocycles. The molecule has 29 heavy (non-hydrogen) atoms. The molecule has 0 heterocycles. The summed E-state index contributed by atoms with van der Waals surface area (Å²) in [5, 5.41) is 3.50. The van der Waals surface area contributed by atoms with Crippen LogP contribution in [0.15, 0.2) is 52.5 Å². The zero-order valence-corrected chi connectivity index (χ0v) is 19.1. The van der Waals surface area contributed by atoms with Crippen LogP contribution in [-0.2, 0) is 13.2 Å². The Labute approximate surface area is 187 Å². The lowest BCUT2D eigenvalue weighted by Gasteiger charge is -2.16. The van der Waals surface area contributed by atoms with E-state index in [0.717, 1.165) is 29.5 Å². The number of ether oxygens (including phenoxy) is 2. The number of hydrogen-bond donors (Lipinski definition) is 1. The maximum atomic E-state index is 13.8. The van der Waals surface area contributed by atoms with Crippen LogP contribution in [0.25, 0.3) is 0 Å². The minimum absolute atomic E-state index is 0. The average molecular weight is 485 g/mol. The van der Waals surface area contributed by atoms with E-state index < -0.39 is 0 Å². The van der Waals surface area contributed by atoms with Crippen LogP contribution in [0.2, 0.25) is 0 Å². The summed E-state index contributed by atoms with van der Waals surface area (Å²) in [6.45, 7) is 1.88. The first-order chi connectivity index (χ1) is 13.7. The molecule has 2 aromatic carbocycles. The number of hydrogen-bond acceptors (Lipinski definition) is 3. The standard InChI is InChI=1S/C23H27BrFNO2.ClH/c1-27-22-14-18(15-26-12-11-17-7-3-2-4-8-17)13-20(24)23(22)28-16-19-9-5-6-10-21(19)25;/h5-7,9-10,13-14,26H,2-4,8,11-12,15-16H2,1H3;1H. The average Bonchev–Trinajstić information content (AvgIpc) is 2.72. The van der Waals surface area contributed by atoms with Crippen LogP contribution in [0.5, 0.6) is 11.5 Å². The zero-order valence-electron chi connectivity index (χ0n) is 16.7. The van der Waals surface area contributed by atoms with E-state index in [1.165, 1.54) is 31.7 Å². The van der Waals surface area contributed by atoms with Gasteiger partial charge in [-0.2, -0.15) is 0 Å². The third-order valence-corrected chi connectivity index (χ3v) is 5.55. The molecular formula is C23H28BrClFNO2. The molecule has 0 aromatic heterocycles. The van der Waals surface area contributed by atoms with E-state index in [2.05, 4.69) is 27.3 Å². The molecule has 0 aliphatic heterocycles. The molecule has 158 valence electrons. The number of nitrogens with one attached hydrogen (secondary N) is 1. The normalized spacial score (nSPS) is 13.4. The summed E-state index contributed by atoms with van der Waals surface area (Å²) >= 11 is 3.57. The third kappa shape index (κ3) is 7.02. The fourth-order valence-electron chi connectivity index (χ4n) is 3.39. The molecule has 0 fully saturated rings. The Morgan fingerprint density at radius 3 is 2.72 bits per heavy atom. The summed E-state index contributed by atoms with van der Waals surface area (Å²) in [6, 6.07) is 10.6. The highest BCUT2D eigenvalue weighted by molar-refractivity contribution is 9.10. The number of rotatable bonds is 9. The first kappa shape index (κ1) is 23.7. The van der Waals surface area contributed by atoms with Gasteiger partial charge in [0.15, 0.2) is 11.5 Å². The lowest BCUT2D eigenvalue weighted by molar-refractivity contribution is 0.277. The van der Waals surface area contributed by atoms with Crippen molar-refractivity contribution in [1.29, 1.82) is 0 Å². The van der Waals surface area contributed by atoms with Gasteiger partial charge in [-0.05, 0) is 78.3 Å². The molecule has 1 N–H and O–H groups in total. The van der Waals surface area contributed by atoms with Gasteiger partial charge in [-0.3, -0.25) is 0 Å². The van der Waals surface area contributed by atoms with Crippen LogP contribution in [0, 0.1) is 5.82 Å². The van der Waals surface area contributed by atoms with Crippen molar-refractivity contribution >= 4 is 28.3 Å². The number of methoxy groups -OCH3 is 1. The van der Waals surface area contributed by atoms with Crippen LogP contribution in [0.1, 0.15) is 43.2 Å². The Morgan fingerprint density at radius 2 is 2.00 bits per heavy atom. The van der Waals surface area contributed by atoms with Crippen LogP contribution < -0.4 is 14.8 Å². The van der Waals surface area contributed by atoms with E-state index in [4.69, 9.17) is 9.47 Å². The number of allylic oxidation sites excluding steroid dienone is 1. The molecule has 6 heteroatoms. The monoisotopic (exact) mass is 483 g/mol. The van der Waals surface area contributed by atoms with Crippen molar-refractivity contribution in [1.82, 2.24) is 5.32 Å². The molecule has 3 nitrogen and oxygen atoms in total. The van der Waals surface area contributed by atoms with Gasteiger partial charge in [0.25, 0.3) is 0 Å². The third-order valence-electron chi connectivity index (χ3n) is 4.96. The van der Waals surface area contributed by atoms with Crippen LogP contribution in [0.4, 0.5) is 4.39 Å². The van der Waals surface area contributed by atoms with E-state index >= 15 is 0 Å². The second-order valence-corrected chi connectivity index (χ2v) is 7.88. The van der Waals surface area contributed by atoms with Crippen molar-refractivity contribution in [2.24, 2.45) is 0 Å². The molecule has 0 bridgehead atoms. The molecule has 0 unspecified atom stereocenters. The lowest BCUT2D eigenvalue weighted by atomic mass is 9.97. The molecule has 0 spiro atoms. The maximum Gasteiger partial charge on any atom is 0.175 e. The summed E-state index contributed by atoms with van der Waals surface area (Å²) < 4.78 is 26.0. The van der Waals surface area contributed by atoms with Gasteiger partial charge in [0.2, 0.25) is 0 Å². The first-order valence-corrected chi connectivity index (χ1v) is 10.6. The smallest absolute Gasteiger partial charge is 0.175 e. The fourth-order valence-corrected chi connectivity index (χ4v) is 4.00. The zero-order chi connectivity index (χ0) is 19.8. The predicted molar refractivity (Wildman–Crippen MR) is 122 cm³/mol. The van der Waals surface area contributed by atoms with Gasteiger partial charge in [-0.25, -0.2) is 4.39 Å². The molecule has 0 radical (unpaired) electrons. The van der Waals surface area contributed by atoms with Gasteiger partial charge in [0, 0.05) is 12.1 Å². The molecule has 0 atom stereocenters. The highest BCUT2D eigenvalue weighted by Gasteiger charge is 2.13. The van der Waals surface area contributed by atoms with Gasteiger partial charge in [0.05, 0.1) is 11.6 Å². The topological polar surface area (TPSA) is 30.5 Å². The van der Waals surface area contributed by atoms with Crippen LogP contribution in [0.3, 0.4) is 0 Å².